The number of thioether (sulfide) groups is 1. The molecule has 0 fully saturated rings. The summed E-state index contributed by atoms with van der Waals surface area (Å²) >= 11 is 7.42. The van der Waals surface area contributed by atoms with Crippen molar-refractivity contribution < 1.29 is 4.79 Å². The summed E-state index contributed by atoms with van der Waals surface area (Å²) in [6, 6.07) is 5.62. The summed E-state index contributed by atoms with van der Waals surface area (Å²) in [5.74, 6) is 0.0438. The number of nitrogens with one attached hydrogen (secondary N) is 1. The number of anilines is 1. The Morgan fingerprint density at radius 2 is 2.17 bits per heavy atom. The predicted molar refractivity (Wildman–Crippen MR) is 79.1 cm³/mol. The van der Waals surface area contributed by atoms with Gasteiger partial charge in [0.05, 0.1) is 16.0 Å². The van der Waals surface area contributed by atoms with Gasteiger partial charge in [-0.3, -0.25) is 4.79 Å². The summed E-state index contributed by atoms with van der Waals surface area (Å²) in [4.78, 5) is 12.8. The highest BCUT2D eigenvalue weighted by atomic mass is 35.5. The minimum atomic E-state index is -0.154. The molecular weight excluding hydrogens is 268 g/mol. The van der Waals surface area contributed by atoms with Crippen LogP contribution < -0.4 is 11.1 Å². The van der Waals surface area contributed by atoms with Crippen molar-refractivity contribution in [1.29, 1.82) is 0 Å². The third kappa shape index (κ3) is 4.42. The van der Waals surface area contributed by atoms with E-state index in [1.54, 1.807) is 12.1 Å². The zero-order chi connectivity index (χ0) is 13.7. The van der Waals surface area contributed by atoms with Gasteiger partial charge in [-0.25, -0.2) is 0 Å². The van der Waals surface area contributed by atoms with Crippen molar-refractivity contribution in [1.82, 2.24) is 5.32 Å². The molecule has 0 aromatic heterocycles. The van der Waals surface area contributed by atoms with E-state index in [0.717, 1.165) is 11.3 Å². The normalized spacial score (nSPS) is 14.0. The fraction of sp³-hybridized carbons (Fsp3) is 0.462. The molecule has 1 aromatic rings. The van der Waals surface area contributed by atoms with E-state index in [1.165, 1.54) is 11.8 Å². The lowest BCUT2D eigenvalue weighted by molar-refractivity contribution is -0.120. The minimum absolute atomic E-state index is 0.0438. The molecule has 2 unspecified atom stereocenters. The highest BCUT2D eigenvalue weighted by molar-refractivity contribution is 8.00. The molecule has 0 radical (unpaired) electrons. The Labute approximate surface area is 117 Å². The average molecular weight is 287 g/mol. The molecule has 0 aliphatic rings. The van der Waals surface area contributed by atoms with E-state index in [2.05, 4.69) is 5.32 Å². The molecule has 18 heavy (non-hydrogen) atoms. The second-order valence-corrected chi connectivity index (χ2v) is 6.08. The molecule has 0 spiro atoms. The molecule has 1 aromatic carbocycles. The van der Waals surface area contributed by atoms with Gasteiger partial charge in [0.15, 0.2) is 0 Å². The largest absolute Gasteiger partial charge is 0.398 e. The van der Waals surface area contributed by atoms with Crippen LogP contribution in [0.4, 0.5) is 5.69 Å². The van der Waals surface area contributed by atoms with Gasteiger partial charge < -0.3 is 11.1 Å². The monoisotopic (exact) mass is 286 g/mol. The lowest BCUT2D eigenvalue weighted by atomic mass is 10.2. The van der Waals surface area contributed by atoms with E-state index in [9.17, 15) is 4.79 Å². The Bertz CT molecular complexity index is 425. The molecule has 2 atom stereocenters. The Balaban J connectivity index is 2.60. The first-order chi connectivity index (χ1) is 8.43. The number of carbonyl (C=O) groups excluding carboxylic acids is 1. The molecule has 0 bridgehead atoms. The maximum absolute atomic E-state index is 11.9. The number of nitrogens with two attached hydrogens (primary N) is 1. The number of hydrogen-bond donors (Lipinski definition) is 2. The molecule has 0 heterocycles. The van der Waals surface area contributed by atoms with Crippen LogP contribution in [0.5, 0.6) is 0 Å². The van der Waals surface area contributed by atoms with Crippen LogP contribution in [0.2, 0.25) is 5.02 Å². The molecule has 3 nitrogen and oxygen atoms in total. The number of nitrogen functional groups attached to an aromatic ring is 1. The Kier molecular flexibility index (Phi) is 5.82. The topological polar surface area (TPSA) is 55.1 Å². The number of carbonyl (C=O) groups is 1. The van der Waals surface area contributed by atoms with Crippen molar-refractivity contribution in [2.45, 2.75) is 43.4 Å². The zero-order valence-corrected chi connectivity index (χ0v) is 12.4. The van der Waals surface area contributed by atoms with Gasteiger partial charge in [0.1, 0.15) is 0 Å². The van der Waals surface area contributed by atoms with Crippen LogP contribution in [0.15, 0.2) is 23.1 Å². The first-order valence-corrected chi connectivity index (χ1v) is 7.21. The van der Waals surface area contributed by atoms with Gasteiger partial charge in [-0.05, 0) is 38.5 Å². The molecule has 0 saturated carbocycles. The maximum Gasteiger partial charge on any atom is 0.233 e. The molecule has 0 aliphatic carbocycles. The SMILES string of the molecule is CCC(C)NC(=O)C(C)Sc1ccc(N)c(Cl)c1. The number of benzene rings is 1. The lowest BCUT2D eigenvalue weighted by Crippen LogP contribution is -2.37. The van der Waals surface area contributed by atoms with Crippen LogP contribution in [0, 0.1) is 0 Å². The van der Waals surface area contributed by atoms with Crippen LogP contribution in [-0.2, 0) is 4.79 Å². The van der Waals surface area contributed by atoms with Gasteiger partial charge in [-0.15, -0.1) is 11.8 Å². The van der Waals surface area contributed by atoms with Gasteiger partial charge in [0.25, 0.3) is 0 Å². The Morgan fingerprint density at radius 1 is 1.50 bits per heavy atom. The van der Waals surface area contributed by atoms with Gasteiger partial charge >= 0.3 is 0 Å². The second kappa shape index (κ2) is 6.90. The standard InChI is InChI=1S/C13H19ClN2OS/c1-4-8(2)16-13(17)9(3)18-10-5-6-12(15)11(14)7-10/h5-9H,4,15H2,1-3H3,(H,16,17). The van der Waals surface area contributed by atoms with Gasteiger partial charge in [0, 0.05) is 10.9 Å². The van der Waals surface area contributed by atoms with Gasteiger partial charge in [0.2, 0.25) is 5.91 Å². The van der Waals surface area contributed by atoms with Crippen molar-refractivity contribution in [3.63, 3.8) is 0 Å². The van der Waals surface area contributed by atoms with E-state index in [1.807, 2.05) is 26.8 Å². The Morgan fingerprint density at radius 3 is 2.72 bits per heavy atom. The molecule has 0 saturated heterocycles. The summed E-state index contributed by atoms with van der Waals surface area (Å²) in [6.45, 7) is 5.92. The Hall–Kier alpha value is -0.870. The summed E-state index contributed by atoms with van der Waals surface area (Å²) < 4.78 is 0. The summed E-state index contributed by atoms with van der Waals surface area (Å²) in [7, 11) is 0. The summed E-state index contributed by atoms with van der Waals surface area (Å²) in [5.41, 5.74) is 6.20. The van der Waals surface area contributed by atoms with Crippen LogP contribution >= 0.6 is 23.4 Å². The van der Waals surface area contributed by atoms with E-state index in [0.29, 0.717) is 10.7 Å². The first kappa shape index (κ1) is 15.2. The van der Waals surface area contributed by atoms with E-state index in [4.69, 9.17) is 17.3 Å². The molecule has 1 rings (SSSR count). The van der Waals surface area contributed by atoms with Crippen LogP contribution in [0.3, 0.4) is 0 Å². The van der Waals surface area contributed by atoms with Crippen LogP contribution in [0.25, 0.3) is 0 Å². The molecular formula is C13H19ClN2OS. The third-order valence-corrected chi connectivity index (χ3v) is 4.08. The van der Waals surface area contributed by atoms with Crippen molar-refractivity contribution in [2.24, 2.45) is 0 Å². The molecule has 5 heteroatoms. The number of rotatable bonds is 5. The van der Waals surface area contributed by atoms with E-state index >= 15 is 0 Å². The minimum Gasteiger partial charge on any atom is -0.398 e. The highest BCUT2D eigenvalue weighted by Crippen LogP contribution is 2.29. The third-order valence-electron chi connectivity index (χ3n) is 2.66. The number of hydrogen-bond acceptors (Lipinski definition) is 3. The maximum atomic E-state index is 11.9. The molecule has 3 N–H and O–H groups in total. The van der Waals surface area contributed by atoms with Crippen LogP contribution in [0.1, 0.15) is 27.2 Å². The van der Waals surface area contributed by atoms with Crippen molar-refractivity contribution in [3.05, 3.63) is 23.2 Å². The molecule has 0 aliphatic heterocycles. The molecule has 100 valence electrons. The quantitative estimate of drug-likeness (QED) is 0.645. The fourth-order valence-corrected chi connectivity index (χ4v) is 2.46. The second-order valence-electron chi connectivity index (χ2n) is 4.26. The predicted octanol–water partition coefficient (Wildman–Crippen LogP) is 3.32. The zero-order valence-electron chi connectivity index (χ0n) is 10.9. The molecule has 1 amide bonds. The van der Waals surface area contributed by atoms with Crippen molar-refractivity contribution in [2.75, 3.05) is 5.73 Å². The van der Waals surface area contributed by atoms with Gasteiger partial charge in [-0.1, -0.05) is 18.5 Å². The van der Waals surface area contributed by atoms with Crippen molar-refractivity contribution >= 4 is 35.0 Å². The van der Waals surface area contributed by atoms with E-state index < -0.39 is 0 Å². The fourth-order valence-electron chi connectivity index (χ4n) is 1.30. The lowest BCUT2D eigenvalue weighted by Gasteiger charge is -2.16. The highest BCUT2D eigenvalue weighted by Gasteiger charge is 2.16. The van der Waals surface area contributed by atoms with Gasteiger partial charge in [-0.2, -0.15) is 0 Å². The first-order valence-electron chi connectivity index (χ1n) is 5.96. The number of amides is 1. The summed E-state index contributed by atoms with van der Waals surface area (Å²) in [5, 5.41) is 3.33. The van der Waals surface area contributed by atoms with Crippen molar-refractivity contribution in [3.8, 4) is 0 Å². The smallest absolute Gasteiger partial charge is 0.233 e. The average Bonchev–Trinajstić information content (AvgIpc) is 2.33. The van der Waals surface area contributed by atoms with E-state index in [-0.39, 0.29) is 17.2 Å². The van der Waals surface area contributed by atoms with Crippen LogP contribution in [-0.4, -0.2) is 17.2 Å². The number of halogens is 1. The summed E-state index contributed by atoms with van der Waals surface area (Å²) in [6.07, 6.45) is 0.927.